The van der Waals surface area contributed by atoms with Crippen molar-refractivity contribution in [1.29, 1.82) is 0 Å². The Bertz CT molecular complexity index is 306. The molecule has 2 aromatic rings. The molecule has 5 nitrogen and oxygen atoms in total. The Kier molecular flexibility index (Phi) is 2.92. The van der Waals surface area contributed by atoms with Crippen LogP contribution in [-0.2, 0) is 13.0 Å². The SMILES string of the molecule is c1noc(CCNCc2ccoc2)n1. The second kappa shape index (κ2) is 4.57. The third kappa shape index (κ3) is 2.43. The molecule has 0 bridgehead atoms. The molecular weight excluding hydrogens is 182 g/mol. The molecule has 0 saturated heterocycles. The minimum atomic E-state index is 0.657. The minimum absolute atomic E-state index is 0.657. The Hall–Kier alpha value is -1.62. The van der Waals surface area contributed by atoms with Crippen molar-refractivity contribution >= 4 is 0 Å². The van der Waals surface area contributed by atoms with Crippen LogP contribution in [-0.4, -0.2) is 16.7 Å². The smallest absolute Gasteiger partial charge is 0.227 e. The van der Waals surface area contributed by atoms with Crippen LogP contribution >= 0.6 is 0 Å². The molecule has 0 unspecified atom stereocenters. The summed E-state index contributed by atoms with van der Waals surface area (Å²) in [6.07, 6.45) is 5.54. The average molecular weight is 193 g/mol. The molecule has 0 aliphatic carbocycles. The maximum Gasteiger partial charge on any atom is 0.227 e. The second-order valence-electron chi connectivity index (χ2n) is 2.89. The molecule has 74 valence electrons. The average Bonchev–Trinajstić information content (AvgIpc) is 2.86. The van der Waals surface area contributed by atoms with E-state index < -0.39 is 0 Å². The molecule has 0 fully saturated rings. The van der Waals surface area contributed by atoms with Crippen LogP contribution in [0.25, 0.3) is 0 Å². The zero-order valence-corrected chi connectivity index (χ0v) is 7.64. The van der Waals surface area contributed by atoms with E-state index in [2.05, 4.69) is 15.5 Å². The van der Waals surface area contributed by atoms with Crippen molar-refractivity contribution in [2.24, 2.45) is 0 Å². The predicted molar refractivity (Wildman–Crippen MR) is 48.4 cm³/mol. The van der Waals surface area contributed by atoms with Gasteiger partial charge in [-0.25, -0.2) is 0 Å². The van der Waals surface area contributed by atoms with E-state index in [4.69, 9.17) is 8.94 Å². The highest BCUT2D eigenvalue weighted by Crippen LogP contribution is 1.98. The maximum atomic E-state index is 4.94. The van der Waals surface area contributed by atoms with E-state index in [1.807, 2.05) is 6.07 Å². The van der Waals surface area contributed by atoms with Crippen LogP contribution in [0.15, 0.2) is 33.9 Å². The first kappa shape index (κ1) is 8.96. The number of hydrogen-bond donors (Lipinski definition) is 1. The summed E-state index contributed by atoms with van der Waals surface area (Å²) in [7, 11) is 0. The zero-order chi connectivity index (χ0) is 9.64. The van der Waals surface area contributed by atoms with Gasteiger partial charge in [0.25, 0.3) is 0 Å². The summed E-state index contributed by atoms with van der Waals surface area (Å²) in [6.45, 7) is 1.61. The topological polar surface area (TPSA) is 64.1 Å². The second-order valence-corrected chi connectivity index (χ2v) is 2.89. The van der Waals surface area contributed by atoms with Crippen molar-refractivity contribution in [3.8, 4) is 0 Å². The van der Waals surface area contributed by atoms with Gasteiger partial charge in [0.15, 0.2) is 6.33 Å². The van der Waals surface area contributed by atoms with Crippen molar-refractivity contribution < 1.29 is 8.94 Å². The van der Waals surface area contributed by atoms with Crippen molar-refractivity contribution in [2.45, 2.75) is 13.0 Å². The first-order chi connectivity index (χ1) is 6.95. The fourth-order valence-electron chi connectivity index (χ4n) is 1.13. The first-order valence-electron chi connectivity index (χ1n) is 4.42. The molecular formula is C9H11N3O2. The van der Waals surface area contributed by atoms with Gasteiger partial charge in [0.2, 0.25) is 5.89 Å². The summed E-state index contributed by atoms with van der Waals surface area (Å²) in [5.41, 5.74) is 1.13. The van der Waals surface area contributed by atoms with E-state index in [0.717, 1.165) is 25.1 Å². The third-order valence-corrected chi connectivity index (χ3v) is 1.83. The first-order valence-corrected chi connectivity index (χ1v) is 4.42. The highest BCUT2D eigenvalue weighted by atomic mass is 16.5. The lowest BCUT2D eigenvalue weighted by atomic mass is 10.3. The van der Waals surface area contributed by atoms with Crippen LogP contribution in [0.3, 0.4) is 0 Å². The largest absolute Gasteiger partial charge is 0.472 e. The number of aromatic nitrogens is 2. The molecule has 0 aliphatic heterocycles. The highest BCUT2D eigenvalue weighted by molar-refractivity contribution is 5.04. The van der Waals surface area contributed by atoms with Crippen LogP contribution < -0.4 is 5.32 Å². The number of nitrogens with one attached hydrogen (secondary N) is 1. The van der Waals surface area contributed by atoms with Gasteiger partial charge in [-0.3, -0.25) is 0 Å². The third-order valence-electron chi connectivity index (χ3n) is 1.83. The Balaban J connectivity index is 1.65. The van der Waals surface area contributed by atoms with Gasteiger partial charge in [0, 0.05) is 25.1 Å². The summed E-state index contributed by atoms with van der Waals surface area (Å²) in [5, 5.41) is 6.76. The zero-order valence-electron chi connectivity index (χ0n) is 7.64. The Morgan fingerprint density at radius 1 is 1.43 bits per heavy atom. The fraction of sp³-hybridized carbons (Fsp3) is 0.333. The van der Waals surface area contributed by atoms with E-state index in [1.165, 1.54) is 6.33 Å². The molecule has 14 heavy (non-hydrogen) atoms. The Morgan fingerprint density at radius 2 is 2.43 bits per heavy atom. The van der Waals surface area contributed by atoms with Gasteiger partial charge < -0.3 is 14.3 Å². The highest BCUT2D eigenvalue weighted by Gasteiger charge is 1.98. The number of rotatable bonds is 5. The molecule has 0 radical (unpaired) electrons. The Morgan fingerprint density at radius 3 is 3.14 bits per heavy atom. The van der Waals surface area contributed by atoms with Crippen LogP contribution in [0.5, 0.6) is 0 Å². The van der Waals surface area contributed by atoms with Gasteiger partial charge in [-0.2, -0.15) is 4.98 Å². The molecule has 2 heterocycles. The van der Waals surface area contributed by atoms with Crippen LogP contribution in [0.4, 0.5) is 0 Å². The molecule has 2 rings (SSSR count). The van der Waals surface area contributed by atoms with Gasteiger partial charge >= 0.3 is 0 Å². The lowest BCUT2D eigenvalue weighted by Gasteiger charge is -1.98. The van der Waals surface area contributed by atoms with Crippen molar-refractivity contribution in [3.63, 3.8) is 0 Å². The molecule has 0 spiro atoms. The summed E-state index contributed by atoms with van der Waals surface area (Å²) in [4.78, 5) is 3.91. The van der Waals surface area contributed by atoms with Crippen molar-refractivity contribution in [1.82, 2.24) is 15.5 Å². The number of furan rings is 1. The summed E-state index contributed by atoms with van der Waals surface area (Å²) < 4.78 is 9.79. The normalized spacial score (nSPS) is 10.6. The molecule has 0 aromatic carbocycles. The van der Waals surface area contributed by atoms with Crippen LogP contribution in [0, 0.1) is 0 Å². The minimum Gasteiger partial charge on any atom is -0.472 e. The molecule has 0 atom stereocenters. The number of nitrogens with zero attached hydrogens (tertiary/aromatic N) is 2. The standard InChI is InChI=1S/C9H11N3O2/c1(9-11-7-12-14-9)3-10-5-8-2-4-13-6-8/h2,4,6-7,10H,1,3,5H2. The number of hydrogen-bond acceptors (Lipinski definition) is 5. The van der Waals surface area contributed by atoms with Crippen LogP contribution in [0.2, 0.25) is 0 Å². The molecule has 2 aromatic heterocycles. The van der Waals surface area contributed by atoms with Gasteiger partial charge in [-0.15, -0.1) is 0 Å². The van der Waals surface area contributed by atoms with Gasteiger partial charge in [0.05, 0.1) is 12.5 Å². The van der Waals surface area contributed by atoms with E-state index in [-0.39, 0.29) is 0 Å². The Labute approximate surface area is 81.1 Å². The molecule has 5 heteroatoms. The van der Waals surface area contributed by atoms with Gasteiger partial charge in [0.1, 0.15) is 0 Å². The summed E-state index contributed by atoms with van der Waals surface area (Å²) in [6, 6.07) is 1.93. The molecule has 0 saturated carbocycles. The van der Waals surface area contributed by atoms with E-state index in [0.29, 0.717) is 5.89 Å². The van der Waals surface area contributed by atoms with Crippen molar-refractivity contribution in [2.75, 3.05) is 6.54 Å². The quantitative estimate of drug-likeness (QED) is 0.717. The van der Waals surface area contributed by atoms with Crippen LogP contribution in [0.1, 0.15) is 11.5 Å². The van der Waals surface area contributed by atoms with E-state index in [1.54, 1.807) is 12.5 Å². The molecule has 0 amide bonds. The van der Waals surface area contributed by atoms with Crippen molar-refractivity contribution in [3.05, 3.63) is 36.4 Å². The lowest BCUT2D eigenvalue weighted by molar-refractivity contribution is 0.375. The molecule has 1 N–H and O–H groups in total. The summed E-state index contributed by atoms with van der Waals surface area (Å²) in [5.74, 6) is 0.657. The van der Waals surface area contributed by atoms with E-state index in [9.17, 15) is 0 Å². The van der Waals surface area contributed by atoms with Gasteiger partial charge in [-0.1, -0.05) is 5.16 Å². The summed E-state index contributed by atoms with van der Waals surface area (Å²) >= 11 is 0. The monoisotopic (exact) mass is 193 g/mol. The fourth-order valence-corrected chi connectivity index (χ4v) is 1.13. The molecule has 0 aliphatic rings. The maximum absolute atomic E-state index is 4.94. The van der Waals surface area contributed by atoms with E-state index >= 15 is 0 Å². The predicted octanol–water partition coefficient (Wildman–Crippen LogP) is 0.995. The lowest BCUT2D eigenvalue weighted by Crippen LogP contribution is -2.16. The van der Waals surface area contributed by atoms with Gasteiger partial charge in [-0.05, 0) is 6.07 Å².